The number of rotatable bonds is 5. The van der Waals surface area contributed by atoms with Crippen LogP contribution >= 0.6 is 23.2 Å². The maximum Gasteiger partial charge on any atom is 0.227 e. The third-order valence-electron chi connectivity index (χ3n) is 4.59. The van der Waals surface area contributed by atoms with Crippen molar-refractivity contribution in [2.75, 3.05) is 50.7 Å². The van der Waals surface area contributed by atoms with Crippen molar-refractivity contribution in [2.45, 2.75) is 6.42 Å². The van der Waals surface area contributed by atoms with Crippen molar-refractivity contribution < 1.29 is 9.59 Å². The van der Waals surface area contributed by atoms with Crippen LogP contribution in [0.4, 0.5) is 5.69 Å². The molecular weight excluding hydrogens is 363 g/mol. The molecule has 2 N–H and O–H groups in total. The van der Waals surface area contributed by atoms with Gasteiger partial charge < -0.3 is 15.5 Å². The Kier molecular flexibility index (Phi) is 6.17. The van der Waals surface area contributed by atoms with Crippen molar-refractivity contribution in [3.63, 3.8) is 0 Å². The van der Waals surface area contributed by atoms with Crippen LogP contribution in [0.15, 0.2) is 18.2 Å². The van der Waals surface area contributed by atoms with E-state index in [0.717, 1.165) is 32.7 Å². The van der Waals surface area contributed by atoms with Crippen molar-refractivity contribution in [2.24, 2.45) is 5.92 Å². The summed E-state index contributed by atoms with van der Waals surface area (Å²) in [5, 5.41) is 7.20. The van der Waals surface area contributed by atoms with Crippen LogP contribution in [0.1, 0.15) is 6.42 Å². The van der Waals surface area contributed by atoms with Gasteiger partial charge in [-0.1, -0.05) is 23.2 Å². The van der Waals surface area contributed by atoms with E-state index in [9.17, 15) is 9.59 Å². The highest BCUT2D eigenvalue weighted by Crippen LogP contribution is 2.30. The topological polar surface area (TPSA) is 64.7 Å². The quantitative estimate of drug-likeness (QED) is 0.804. The van der Waals surface area contributed by atoms with Gasteiger partial charge in [0.2, 0.25) is 11.8 Å². The maximum atomic E-state index is 12.4. The molecule has 0 bridgehead atoms. The molecule has 2 saturated heterocycles. The van der Waals surface area contributed by atoms with Crippen LogP contribution in [-0.2, 0) is 9.59 Å². The lowest BCUT2D eigenvalue weighted by atomic mass is 10.1. The second-order valence-electron chi connectivity index (χ2n) is 6.42. The van der Waals surface area contributed by atoms with E-state index < -0.39 is 0 Å². The number of amides is 2. The minimum absolute atomic E-state index is 0.0703. The van der Waals surface area contributed by atoms with E-state index in [4.69, 9.17) is 23.2 Å². The number of benzene rings is 1. The molecule has 0 aromatic heterocycles. The summed E-state index contributed by atoms with van der Waals surface area (Å²) in [7, 11) is 0. The zero-order chi connectivity index (χ0) is 17.8. The Hall–Kier alpha value is -1.34. The number of hydrogen-bond acceptors (Lipinski definition) is 4. The first-order valence-electron chi connectivity index (χ1n) is 8.50. The molecule has 0 spiro atoms. The van der Waals surface area contributed by atoms with E-state index in [1.54, 1.807) is 23.1 Å². The van der Waals surface area contributed by atoms with Crippen LogP contribution in [-0.4, -0.2) is 62.5 Å². The second-order valence-corrected chi connectivity index (χ2v) is 7.29. The van der Waals surface area contributed by atoms with Crippen LogP contribution in [0.2, 0.25) is 10.0 Å². The predicted molar refractivity (Wildman–Crippen MR) is 99.2 cm³/mol. The standard InChI is InChI=1S/C17H22Cl2N4O2/c18-13-8-14(19)10-15(9-13)23-11-12(7-16(23)24)17(25)21-3-6-22-4-1-20-2-5-22/h8-10,12,20H,1-7,11H2,(H,21,25). The Morgan fingerprint density at radius 1 is 1.20 bits per heavy atom. The first kappa shape index (κ1) is 18.5. The fraction of sp³-hybridized carbons (Fsp3) is 0.529. The number of halogens is 2. The van der Waals surface area contributed by atoms with Gasteiger partial charge in [-0.15, -0.1) is 0 Å². The SMILES string of the molecule is O=C(NCCN1CCNCC1)C1CC(=O)N(c2cc(Cl)cc(Cl)c2)C1. The molecule has 25 heavy (non-hydrogen) atoms. The molecule has 3 rings (SSSR count). The maximum absolute atomic E-state index is 12.4. The molecule has 0 aliphatic carbocycles. The fourth-order valence-electron chi connectivity index (χ4n) is 3.24. The Bertz CT molecular complexity index is 629. The van der Waals surface area contributed by atoms with E-state index in [1.807, 2.05) is 0 Å². The van der Waals surface area contributed by atoms with Gasteiger partial charge in [0, 0.05) is 68.0 Å². The zero-order valence-electron chi connectivity index (χ0n) is 13.9. The molecule has 2 heterocycles. The molecule has 0 saturated carbocycles. The minimum atomic E-state index is -0.340. The van der Waals surface area contributed by atoms with Crippen molar-refractivity contribution in [1.82, 2.24) is 15.5 Å². The van der Waals surface area contributed by atoms with Crippen molar-refractivity contribution in [1.29, 1.82) is 0 Å². The van der Waals surface area contributed by atoms with Crippen LogP contribution in [0, 0.1) is 5.92 Å². The Labute approximate surface area is 157 Å². The van der Waals surface area contributed by atoms with E-state index in [2.05, 4.69) is 15.5 Å². The van der Waals surface area contributed by atoms with E-state index in [1.165, 1.54) is 0 Å². The molecule has 2 fully saturated rings. The summed E-state index contributed by atoms with van der Waals surface area (Å²) in [6.45, 7) is 5.77. The largest absolute Gasteiger partial charge is 0.355 e. The lowest BCUT2D eigenvalue weighted by molar-refractivity contribution is -0.126. The van der Waals surface area contributed by atoms with Gasteiger partial charge in [-0.2, -0.15) is 0 Å². The van der Waals surface area contributed by atoms with Crippen LogP contribution in [0.3, 0.4) is 0 Å². The van der Waals surface area contributed by atoms with Gasteiger partial charge in [-0.25, -0.2) is 0 Å². The summed E-state index contributed by atoms with van der Waals surface area (Å²) in [5.74, 6) is -0.493. The molecule has 2 amide bonds. The molecule has 1 aromatic rings. The number of piperazine rings is 1. The average molecular weight is 385 g/mol. The monoisotopic (exact) mass is 384 g/mol. The van der Waals surface area contributed by atoms with Crippen molar-refractivity contribution in [3.8, 4) is 0 Å². The van der Waals surface area contributed by atoms with E-state index in [-0.39, 0.29) is 24.2 Å². The lowest BCUT2D eigenvalue weighted by Gasteiger charge is -2.27. The van der Waals surface area contributed by atoms with Gasteiger partial charge in [0.05, 0.1) is 5.92 Å². The fourth-order valence-corrected chi connectivity index (χ4v) is 3.76. The molecule has 0 radical (unpaired) electrons. The van der Waals surface area contributed by atoms with E-state index in [0.29, 0.717) is 28.8 Å². The zero-order valence-corrected chi connectivity index (χ0v) is 15.4. The molecule has 6 nitrogen and oxygen atoms in total. The van der Waals surface area contributed by atoms with Crippen LogP contribution < -0.4 is 15.5 Å². The molecule has 136 valence electrons. The first-order valence-corrected chi connectivity index (χ1v) is 9.26. The summed E-state index contributed by atoms with van der Waals surface area (Å²) < 4.78 is 0. The molecule has 1 unspecified atom stereocenters. The molecule has 2 aliphatic rings. The molecule has 8 heteroatoms. The number of carbonyl (C=O) groups excluding carboxylic acids is 2. The normalized spacial score (nSPS) is 21.6. The number of nitrogens with one attached hydrogen (secondary N) is 2. The third kappa shape index (κ3) is 4.85. The number of hydrogen-bond donors (Lipinski definition) is 2. The Morgan fingerprint density at radius 2 is 1.88 bits per heavy atom. The van der Waals surface area contributed by atoms with Gasteiger partial charge in [-0.05, 0) is 18.2 Å². The van der Waals surface area contributed by atoms with Crippen molar-refractivity contribution >= 4 is 40.7 Å². The highest BCUT2D eigenvalue weighted by Gasteiger charge is 2.35. The smallest absolute Gasteiger partial charge is 0.227 e. The summed E-state index contributed by atoms with van der Waals surface area (Å²) in [6, 6.07) is 5.00. The van der Waals surface area contributed by atoms with Crippen LogP contribution in [0.25, 0.3) is 0 Å². The molecule has 2 aliphatic heterocycles. The summed E-state index contributed by atoms with van der Waals surface area (Å²) in [4.78, 5) is 28.5. The van der Waals surface area contributed by atoms with Gasteiger partial charge in [-0.3, -0.25) is 14.5 Å². The summed E-state index contributed by atoms with van der Waals surface area (Å²) >= 11 is 12.0. The van der Waals surface area contributed by atoms with Gasteiger partial charge in [0.25, 0.3) is 0 Å². The summed E-state index contributed by atoms with van der Waals surface area (Å²) in [5.41, 5.74) is 0.638. The summed E-state index contributed by atoms with van der Waals surface area (Å²) in [6.07, 6.45) is 0.212. The van der Waals surface area contributed by atoms with Gasteiger partial charge in [0.15, 0.2) is 0 Å². The molecular formula is C17H22Cl2N4O2. The minimum Gasteiger partial charge on any atom is -0.355 e. The van der Waals surface area contributed by atoms with Crippen LogP contribution in [0.5, 0.6) is 0 Å². The highest BCUT2D eigenvalue weighted by atomic mass is 35.5. The van der Waals surface area contributed by atoms with Gasteiger partial charge >= 0.3 is 0 Å². The number of nitrogens with zero attached hydrogens (tertiary/aromatic N) is 2. The Balaban J connectivity index is 1.51. The predicted octanol–water partition coefficient (Wildman–Crippen LogP) is 1.37. The number of anilines is 1. The highest BCUT2D eigenvalue weighted by molar-refractivity contribution is 6.35. The third-order valence-corrected chi connectivity index (χ3v) is 5.03. The van der Waals surface area contributed by atoms with Gasteiger partial charge in [0.1, 0.15) is 0 Å². The average Bonchev–Trinajstić information content (AvgIpc) is 2.97. The van der Waals surface area contributed by atoms with E-state index >= 15 is 0 Å². The Morgan fingerprint density at radius 3 is 2.56 bits per heavy atom. The molecule has 1 atom stereocenters. The molecule has 1 aromatic carbocycles. The second kappa shape index (κ2) is 8.36. The first-order chi connectivity index (χ1) is 12.0. The number of carbonyl (C=O) groups is 2. The lowest BCUT2D eigenvalue weighted by Crippen LogP contribution is -2.46. The van der Waals surface area contributed by atoms with Crippen molar-refractivity contribution in [3.05, 3.63) is 28.2 Å².